The van der Waals surface area contributed by atoms with Gasteiger partial charge in [0.2, 0.25) is 10.0 Å². The normalized spacial score (nSPS) is 26.0. The van der Waals surface area contributed by atoms with E-state index in [1.165, 1.54) is 10.6 Å². The van der Waals surface area contributed by atoms with Gasteiger partial charge in [-0.2, -0.15) is 0 Å². The number of fused-ring (bicyclic) bond motifs is 1. The molecule has 1 amide bonds. The zero-order valence-corrected chi connectivity index (χ0v) is 17.0. The Bertz CT molecular complexity index is 797. The lowest BCUT2D eigenvalue weighted by atomic mass is 9.73. The van der Waals surface area contributed by atoms with Gasteiger partial charge >= 0.3 is 0 Å². The molecule has 3 rings (SSSR count). The lowest BCUT2D eigenvalue weighted by molar-refractivity contribution is 0.00331. The fraction of sp³-hybridized carbons (Fsp3) is 0.632. The smallest absolute Gasteiger partial charge is 0.257 e. The number of benzene rings is 1. The predicted octanol–water partition coefficient (Wildman–Crippen LogP) is 1.46. The number of sulfonamides is 1. The molecule has 8 heteroatoms. The minimum Gasteiger partial charge on any atom is -0.493 e. The van der Waals surface area contributed by atoms with Crippen LogP contribution >= 0.6 is 0 Å². The van der Waals surface area contributed by atoms with Gasteiger partial charge in [-0.15, -0.1) is 0 Å². The molecule has 0 unspecified atom stereocenters. The van der Waals surface area contributed by atoms with Crippen LogP contribution in [-0.2, 0) is 14.8 Å². The van der Waals surface area contributed by atoms with E-state index >= 15 is 0 Å². The van der Waals surface area contributed by atoms with E-state index in [2.05, 4.69) is 0 Å². The summed E-state index contributed by atoms with van der Waals surface area (Å²) in [7, 11) is -1.62. The van der Waals surface area contributed by atoms with E-state index in [-0.39, 0.29) is 17.2 Å². The maximum atomic E-state index is 13.1. The highest BCUT2D eigenvalue weighted by molar-refractivity contribution is 7.88. The number of amides is 1. The number of piperidine rings is 1. The fourth-order valence-corrected chi connectivity index (χ4v) is 5.23. The third kappa shape index (κ3) is 3.97. The predicted molar refractivity (Wildman–Crippen MR) is 102 cm³/mol. The molecule has 2 aliphatic rings. The largest absolute Gasteiger partial charge is 0.493 e. The van der Waals surface area contributed by atoms with Crippen molar-refractivity contribution in [3.8, 4) is 5.75 Å². The summed E-state index contributed by atoms with van der Waals surface area (Å²) >= 11 is 0. The quantitative estimate of drug-likeness (QED) is 0.728. The second-order valence-corrected chi connectivity index (χ2v) is 9.46. The molecule has 0 bridgehead atoms. The van der Waals surface area contributed by atoms with Crippen molar-refractivity contribution in [2.45, 2.75) is 13.3 Å². The van der Waals surface area contributed by atoms with Crippen molar-refractivity contribution < 1.29 is 22.7 Å². The highest BCUT2D eigenvalue weighted by Gasteiger charge is 2.52. The summed E-state index contributed by atoms with van der Waals surface area (Å²) in [6.45, 7) is 4.88. The minimum absolute atomic E-state index is 0.0594. The van der Waals surface area contributed by atoms with Crippen LogP contribution in [0.1, 0.15) is 23.7 Å². The van der Waals surface area contributed by atoms with E-state index in [1.54, 1.807) is 19.2 Å². The maximum absolute atomic E-state index is 13.1. The molecule has 0 aliphatic carbocycles. The molecule has 2 heterocycles. The topological polar surface area (TPSA) is 76.2 Å². The molecule has 2 atom stereocenters. The summed E-state index contributed by atoms with van der Waals surface area (Å²) in [6.07, 6.45) is 1.96. The number of para-hydroxylation sites is 1. The summed E-state index contributed by atoms with van der Waals surface area (Å²) in [5.41, 5.74) is 0.324. The van der Waals surface area contributed by atoms with E-state index < -0.39 is 10.0 Å². The summed E-state index contributed by atoms with van der Waals surface area (Å²) < 4.78 is 36.7. The fourth-order valence-electron chi connectivity index (χ4n) is 4.29. The molecule has 27 heavy (non-hydrogen) atoms. The Morgan fingerprint density at radius 3 is 2.70 bits per heavy atom. The van der Waals surface area contributed by atoms with Crippen LogP contribution in [0, 0.1) is 11.3 Å². The average Bonchev–Trinajstić information content (AvgIpc) is 3.01. The Balaban J connectivity index is 1.81. The van der Waals surface area contributed by atoms with Crippen molar-refractivity contribution in [1.29, 1.82) is 0 Å². The number of likely N-dealkylation sites (tertiary alicyclic amines) is 1. The highest BCUT2D eigenvalue weighted by atomic mass is 32.2. The molecule has 0 aromatic heterocycles. The van der Waals surface area contributed by atoms with Gasteiger partial charge in [0.25, 0.3) is 5.91 Å². The van der Waals surface area contributed by atoms with Crippen molar-refractivity contribution >= 4 is 15.9 Å². The van der Waals surface area contributed by atoms with Gasteiger partial charge in [0.05, 0.1) is 25.0 Å². The molecule has 150 valence electrons. The van der Waals surface area contributed by atoms with Crippen molar-refractivity contribution in [2.75, 3.05) is 52.8 Å². The van der Waals surface area contributed by atoms with Gasteiger partial charge in [0, 0.05) is 38.7 Å². The van der Waals surface area contributed by atoms with Crippen molar-refractivity contribution in [2.24, 2.45) is 11.3 Å². The number of hydrogen-bond donors (Lipinski definition) is 0. The van der Waals surface area contributed by atoms with Crippen LogP contribution in [0.4, 0.5) is 0 Å². The van der Waals surface area contributed by atoms with Gasteiger partial charge in [0.15, 0.2) is 0 Å². The molecule has 0 N–H and O–H groups in total. The average molecular weight is 397 g/mol. The summed E-state index contributed by atoms with van der Waals surface area (Å²) in [5, 5.41) is 0. The van der Waals surface area contributed by atoms with Gasteiger partial charge in [-0.1, -0.05) is 12.1 Å². The van der Waals surface area contributed by atoms with Gasteiger partial charge in [-0.05, 0) is 31.4 Å². The first-order chi connectivity index (χ1) is 12.8. The first-order valence-electron chi connectivity index (χ1n) is 9.26. The van der Waals surface area contributed by atoms with Crippen molar-refractivity contribution in [3.63, 3.8) is 0 Å². The van der Waals surface area contributed by atoms with Crippen LogP contribution in [0.2, 0.25) is 0 Å². The molecule has 1 aromatic rings. The molecule has 2 aliphatic heterocycles. The van der Waals surface area contributed by atoms with Crippen LogP contribution < -0.4 is 4.74 Å². The Labute approximate surface area is 161 Å². The molecule has 0 saturated carbocycles. The third-order valence-corrected chi connectivity index (χ3v) is 6.92. The Morgan fingerprint density at radius 1 is 1.30 bits per heavy atom. The Kier molecular flexibility index (Phi) is 5.79. The Hall–Kier alpha value is -1.64. The molecular weight excluding hydrogens is 368 g/mol. The standard InChI is InChI=1S/C19H28N2O5S/c1-4-26-17-8-6-5-7-16(17)18(22)20-10-9-19(14-25-2)13-21(27(3,23)24)12-15(19)11-20/h5-8,15H,4,9-14H2,1-3H3/t15-,19+/m1/s1. The van der Waals surface area contributed by atoms with Crippen LogP contribution in [0.25, 0.3) is 0 Å². The second kappa shape index (κ2) is 7.77. The SMILES string of the molecule is CCOc1ccccc1C(=O)N1CC[C@@]2(COC)CN(S(C)(=O)=O)C[C@H]2C1. The molecule has 1 aromatic carbocycles. The zero-order chi connectivity index (χ0) is 19.7. The van der Waals surface area contributed by atoms with Crippen LogP contribution in [0.3, 0.4) is 0 Å². The van der Waals surface area contributed by atoms with Crippen LogP contribution in [0.15, 0.2) is 24.3 Å². The number of rotatable bonds is 6. The summed E-state index contributed by atoms with van der Waals surface area (Å²) in [4.78, 5) is 14.9. The first-order valence-corrected chi connectivity index (χ1v) is 11.1. The Morgan fingerprint density at radius 2 is 2.04 bits per heavy atom. The monoisotopic (exact) mass is 396 g/mol. The number of carbonyl (C=O) groups is 1. The molecule has 0 radical (unpaired) electrons. The molecule has 0 spiro atoms. The third-order valence-electron chi connectivity index (χ3n) is 5.71. The zero-order valence-electron chi connectivity index (χ0n) is 16.2. The van der Waals surface area contributed by atoms with Crippen LogP contribution in [0.5, 0.6) is 5.75 Å². The second-order valence-electron chi connectivity index (χ2n) is 7.48. The molecule has 2 saturated heterocycles. The van der Waals surface area contributed by atoms with E-state index in [1.807, 2.05) is 24.0 Å². The van der Waals surface area contributed by atoms with E-state index in [0.717, 1.165) is 6.42 Å². The van der Waals surface area contributed by atoms with E-state index in [4.69, 9.17) is 9.47 Å². The van der Waals surface area contributed by atoms with Crippen molar-refractivity contribution in [3.05, 3.63) is 29.8 Å². The van der Waals surface area contributed by atoms with E-state index in [0.29, 0.717) is 50.7 Å². The highest BCUT2D eigenvalue weighted by Crippen LogP contribution is 2.44. The van der Waals surface area contributed by atoms with Crippen molar-refractivity contribution in [1.82, 2.24) is 9.21 Å². The minimum atomic E-state index is -3.27. The lowest BCUT2D eigenvalue weighted by Crippen LogP contribution is -2.50. The molecular formula is C19H28N2O5S. The van der Waals surface area contributed by atoms with E-state index in [9.17, 15) is 13.2 Å². The number of hydrogen-bond acceptors (Lipinski definition) is 5. The molecule has 7 nitrogen and oxygen atoms in total. The summed E-state index contributed by atoms with van der Waals surface area (Å²) in [5.74, 6) is 0.579. The first kappa shape index (κ1) is 20.1. The summed E-state index contributed by atoms with van der Waals surface area (Å²) in [6, 6.07) is 7.26. The van der Waals surface area contributed by atoms with Crippen LogP contribution in [-0.4, -0.2) is 76.3 Å². The van der Waals surface area contributed by atoms with Gasteiger partial charge < -0.3 is 14.4 Å². The number of ether oxygens (including phenoxy) is 2. The van der Waals surface area contributed by atoms with Gasteiger partial charge in [0.1, 0.15) is 5.75 Å². The molecule has 2 fully saturated rings. The lowest BCUT2D eigenvalue weighted by Gasteiger charge is -2.43. The van der Waals surface area contributed by atoms with Gasteiger partial charge in [-0.3, -0.25) is 4.79 Å². The maximum Gasteiger partial charge on any atom is 0.257 e. The number of methoxy groups -OCH3 is 1. The van der Waals surface area contributed by atoms with Gasteiger partial charge in [-0.25, -0.2) is 12.7 Å². The number of nitrogens with zero attached hydrogens (tertiary/aromatic N) is 2. The number of carbonyl (C=O) groups excluding carboxylic acids is 1.